The summed E-state index contributed by atoms with van der Waals surface area (Å²) in [4.78, 5) is 26.8. The molecule has 0 aromatic carbocycles. The third kappa shape index (κ3) is 5.68. The van der Waals surface area contributed by atoms with Gasteiger partial charge in [-0.05, 0) is 38.0 Å². The summed E-state index contributed by atoms with van der Waals surface area (Å²) in [5.74, 6) is -1.32. The summed E-state index contributed by atoms with van der Waals surface area (Å²) in [6.45, 7) is 7.53. The Morgan fingerprint density at radius 2 is 1.93 bits per heavy atom. The van der Waals surface area contributed by atoms with Crippen molar-refractivity contribution in [3.63, 3.8) is 0 Å². The van der Waals surface area contributed by atoms with E-state index in [-0.39, 0.29) is 18.4 Å². The van der Waals surface area contributed by atoms with Crippen LogP contribution in [-0.2, 0) is 9.53 Å². The van der Waals surface area contributed by atoms with Crippen LogP contribution < -0.4 is 21.2 Å². The van der Waals surface area contributed by atoms with Gasteiger partial charge in [0.25, 0.3) is 11.8 Å². The second-order valence-electron chi connectivity index (χ2n) is 6.51. The van der Waals surface area contributed by atoms with Gasteiger partial charge in [0, 0.05) is 30.1 Å². The molecule has 1 atom stereocenters. The zero-order chi connectivity index (χ0) is 21.4. The van der Waals surface area contributed by atoms with Gasteiger partial charge in [-0.3, -0.25) is 9.59 Å². The van der Waals surface area contributed by atoms with Crippen molar-refractivity contribution in [1.82, 2.24) is 15.6 Å². The number of amides is 2. The maximum atomic E-state index is 12.5. The largest absolute Gasteiger partial charge is 0.501 e. The zero-order valence-corrected chi connectivity index (χ0v) is 17.2. The van der Waals surface area contributed by atoms with Gasteiger partial charge in [0.05, 0.1) is 12.9 Å². The van der Waals surface area contributed by atoms with Gasteiger partial charge in [0.2, 0.25) is 0 Å². The normalized spacial score (nSPS) is 14.8. The van der Waals surface area contributed by atoms with Crippen LogP contribution in [-0.4, -0.2) is 43.9 Å². The number of nitrogens with one attached hydrogen (secondary N) is 3. The second kappa shape index (κ2) is 10.6. The van der Waals surface area contributed by atoms with Crippen molar-refractivity contribution in [2.24, 2.45) is 0 Å². The van der Waals surface area contributed by atoms with E-state index in [4.69, 9.17) is 4.74 Å². The lowest BCUT2D eigenvalue weighted by Crippen LogP contribution is -2.35. The van der Waals surface area contributed by atoms with Crippen LogP contribution in [0.25, 0.3) is 11.6 Å². The minimum absolute atomic E-state index is 0.0125. The lowest BCUT2D eigenvalue weighted by molar-refractivity contribution is -0.131. The van der Waals surface area contributed by atoms with Gasteiger partial charge < -0.3 is 20.4 Å². The lowest BCUT2D eigenvalue weighted by atomic mass is 9.96. The van der Waals surface area contributed by atoms with Crippen LogP contribution in [0.2, 0.25) is 0 Å². The molecular weight excluding hydrogens is 368 g/mol. The fourth-order valence-corrected chi connectivity index (χ4v) is 2.79. The number of rotatable bonds is 8. The minimum atomic E-state index is -3.08. The Morgan fingerprint density at radius 1 is 1.29 bits per heavy atom. The first-order chi connectivity index (χ1) is 13.2. The van der Waals surface area contributed by atoms with E-state index in [1.165, 1.54) is 7.05 Å². The van der Waals surface area contributed by atoms with E-state index in [1.54, 1.807) is 27.0 Å². The first kappa shape index (κ1) is 23.4. The molecule has 0 aliphatic heterocycles. The number of aromatic amines is 1. The van der Waals surface area contributed by atoms with E-state index in [0.717, 1.165) is 22.6 Å². The number of hydrogen-bond acceptors (Lipinski definition) is 3. The predicted octanol–water partition coefficient (Wildman–Crippen LogP) is 1.77. The van der Waals surface area contributed by atoms with Crippen molar-refractivity contribution in [1.29, 1.82) is 0 Å². The van der Waals surface area contributed by atoms with Gasteiger partial charge in [-0.15, -0.1) is 0 Å². The van der Waals surface area contributed by atoms with Gasteiger partial charge in [-0.25, -0.2) is 0 Å². The summed E-state index contributed by atoms with van der Waals surface area (Å²) < 4.78 is 30.2. The Morgan fingerprint density at radius 3 is 2.43 bits per heavy atom. The molecule has 6 nitrogen and oxygen atoms in total. The Kier molecular flexibility index (Phi) is 8.88. The molecule has 2 amide bonds. The second-order valence-corrected chi connectivity index (χ2v) is 6.51. The third-order valence-corrected chi connectivity index (χ3v) is 4.56. The summed E-state index contributed by atoms with van der Waals surface area (Å²) in [5.41, 5.74) is 2.06. The Hall–Kier alpha value is -2.64. The molecule has 156 valence electrons. The molecular formula is C20H29F2N3O3. The molecule has 1 aromatic rings. The lowest BCUT2D eigenvalue weighted by Gasteiger charge is -2.14. The van der Waals surface area contributed by atoms with Gasteiger partial charge >= 0.3 is 6.43 Å². The zero-order valence-electron chi connectivity index (χ0n) is 17.2. The number of H-pyrrole nitrogens is 1. The number of hydrogen-bond donors (Lipinski definition) is 3. The van der Waals surface area contributed by atoms with E-state index in [9.17, 15) is 18.4 Å². The summed E-state index contributed by atoms with van der Waals surface area (Å²) in [7, 11) is 3.08. The molecule has 0 fully saturated rings. The molecule has 3 N–H and O–H groups in total. The number of ether oxygens (including phenoxy) is 1. The van der Waals surface area contributed by atoms with E-state index in [1.807, 2.05) is 19.9 Å². The predicted molar refractivity (Wildman–Crippen MR) is 105 cm³/mol. The number of carbonyl (C=O) groups excluding carboxylic acids is 2. The molecule has 1 aromatic heterocycles. The van der Waals surface area contributed by atoms with Crippen molar-refractivity contribution in [2.75, 3.05) is 20.7 Å². The third-order valence-electron chi connectivity index (χ3n) is 4.56. The van der Waals surface area contributed by atoms with E-state index in [0.29, 0.717) is 17.0 Å². The van der Waals surface area contributed by atoms with Crippen molar-refractivity contribution in [3.05, 3.63) is 33.7 Å². The van der Waals surface area contributed by atoms with E-state index >= 15 is 0 Å². The van der Waals surface area contributed by atoms with Crippen molar-refractivity contribution in [3.8, 4) is 0 Å². The maximum absolute atomic E-state index is 12.5. The molecule has 0 saturated heterocycles. The molecule has 28 heavy (non-hydrogen) atoms. The fraction of sp³-hybridized carbons (Fsp3) is 0.500. The molecule has 0 bridgehead atoms. The summed E-state index contributed by atoms with van der Waals surface area (Å²) in [6.07, 6.45) is 1.25. The van der Waals surface area contributed by atoms with Crippen molar-refractivity contribution in [2.45, 2.75) is 46.5 Å². The Balaban J connectivity index is 3.65. The van der Waals surface area contributed by atoms with Gasteiger partial charge in [-0.2, -0.15) is 8.78 Å². The van der Waals surface area contributed by atoms with Crippen LogP contribution >= 0.6 is 0 Å². The molecule has 1 rings (SSSR count). The minimum Gasteiger partial charge on any atom is -0.501 e. The first-order valence-corrected chi connectivity index (χ1v) is 9.09. The molecule has 1 heterocycles. The maximum Gasteiger partial charge on any atom is 0.315 e. The number of aromatic nitrogens is 1. The number of halogens is 2. The monoisotopic (exact) mass is 397 g/mol. The highest BCUT2D eigenvalue weighted by Crippen LogP contribution is 2.15. The summed E-state index contributed by atoms with van der Waals surface area (Å²) >= 11 is 0. The SMILES string of the molecule is CC\C(C)=c1/c([C@H](C)CNC(=O)C(F)F)c(C(=O)NC)[nH]/c1=C/C=C(\C)OC. The first-order valence-electron chi connectivity index (χ1n) is 9.09. The molecule has 0 radical (unpaired) electrons. The van der Waals surface area contributed by atoms with Crippen LogP contribution in [0, 0.1) is 0 Å². The Bertz CT molecular complexity index is 857. The summed E-state index contributed by atoms with van der Waals surface area (Å²) in [5, 5.41) is 6.39. The topological polar surface area (TPSA) is 83.2 Å². The average Bonchev–Trinajstić information content (AvgIpc) is 3.07. The van der Waals surface area contributed by atoms with E-state index in [2.05, 4.69) is 15.6 Å². The highest BCUT2D eigenvalue weighted by molar-refractivity contribution is 5.94. The molecule has 0 aliphatic carbocycles. The quantitative estimate of drug-likeness (QED) is 0.585. The molecule has 0 aliphatic rings. The van der Waals surface area contributed by atoms with Crippen molar-refractivity contribution >= 4 is 23.5 Å². The van der Waals surface area contributed by atoms with Gasteiger partial charge in [0.1, 0.15) is 5.69 Å². The standard InChI is InChI=1S/C20H29F2N3O3/c1-7-11(2)15-14(9-8-13(4)28-6)25-17(19(26)23-5)16(15)12(3)10-24-20(27)18(21)22/h8-9,12,18,25H,7,10H2,1-6H3,(H,23,26)(H,24,27)/b13-8+,14-9+,15-11-/t12-/m1/s1. The number of carbonyl (C=O) groups is 2. The highest BCUT2D eigenvalue weighted by Gasteiger charge is 2.23. The average molecular weight is 397 g/mol. The number of methoxy groups -OCH3 is 1. The van der Waals surface area contributed by atoms with Crippen LogP contribution in [0.4, 0.5) is 8.78 Å². The molecule has 8 heteroatoms. The number of allylic oxidation sites excluding steroid dienone is 2. The van der Waals surface area contributed by atoms with Crippen LogP contribution in [0.15, 0.2) is 11.8 Å². The number of alkyl halides is 2. The van der Waals surface area contributed by atoms with Gasteiger partial charge in [-0.1, -0.05) is 19.4 Å². The van der Waals surface area contributed by atoms with Crippen LogP contribution in [0.3, 0.4) is 0 Å². The smallest absolute Gasteiger partial charge is 0.315 e. The van der Waals surface area contributed by atoms with E-state index < -0.39 is 12.3 Å². The highest BCUT2D eigenvalue weighted by atomic mass is 19.3. The fourth-order valence-electron chi connectivity index (χ4n) is 2.79. The Labute approximate surface area is 163 Å². The summed E-state index contributed by atoms with van der Waals surface area (Å²) in [6, 6.07) is 0. The van der Waals surface area contributed by atoms with Crippen molar-refractivity contribution < 1.29 is 23.1 Å². The van der Waals surface area contributed by atoms with Crippen LogP contribution in [0.1, 0.15) is 56.1 Å². The van der Waals surface area contributed by atoms with Gasteiger partial charge in [0.15, 0.2) is 0 Å². The van der Waals surface area contributed by atoms with Crippen LogP contribution in [0.5, 0.6) is 0 Å². The molecule has 0 saturated carbocycles. The molecule has 0 spiro atoms. The molecule has 0 unspecified atom stereocenters.